The van der Waals surface area contributed by atoms with Crippen molar-refractivity contribution in [2.24, 2.45) is 10.8 Å². The fourth-order valence-corrected chi connectivity index (χ4v) is 1.44. The quantitative estimate of drug-likeness (QED) is 0.332. The van der Waals surface area contributed by atoms with Crippen molar-refractivity contribution < 1.29 is 0 Å². The van der Waals surface area contributed by atoms with Crippen LogP contribution in [0.5, 0.6) is 0 Å². The number of hydrogen-bond donors (Lipinski definition) is 3. The van der Waals surface area contributed by atoms with Crippen molar-refractivity contribution in [3.63, 3.8) is 0 Å². The largest absolute Gasteiger partial charge is 0.324 e. The van der Waals surface area contributed by atoms with Crippen molar-refractivity contribution in [3.05, 3.63) is 28.2 Å². The second-order valence-corrected chi connectivity index (χ2v) is 4.23. The van der Waals surface area contributed by atoms with Crippen molar-refractivity contribution in [2.75, 3.05) is 5.32 Å². The first-order valence-corrected chi connectivity index (χ1v) is 5.55. The number of rotatable bonds is 2. The lowest BCUT2D eigenvalue weighted by atomic mass is 10.3. The number of halogens is 2. The van der Waals surface area contributed by atoms with Gasteiger partial charge in [0.2, 0.25) is 5.96 Å². The van der Waals surface area contributed by atoms with Crippen molar-refractivity contribution in [2.45, 2.75) is 19.9 Å². The molecule has 0 aromatic heterocycles. The molecule has 0 atom stereocenters. The highest BCUT2D eigenvalue weighted by Gasteiger charge is 2.06. The number of anilines is 1. The highest BCUT2D eigenvalue weighted by Crippen LogP contribution is 2.29. The summed E-state index contributed by atoms with van der Waals surface area (Å²) in [5, 5.41) is 3.89. The lowest BCUT2D eigenvalue weighted by Crippen LogP contribution is -2.37. The van der Waals surface area contributed by atoms with Crippen LogP contribution in [-0.4, -0.2) is 12.0 Å². The summed E-state index contributed by atoms with van der Waals surface area (Å²) in [6.07, 6.45) is 0. The maximum atomic E-state index is 6.01. The molecule has 1 aromatic rings. The Bertz CT molecular complexity index is 390. The van der Waals surface area contributed by atoms with Crippen LogP contribution in [0, 0.1) is 0 Å². The minimum absolute atomic E-state index is 0.122. The summed E-state index contributed by atoms with van der Waals surface area (Å²) in [5.41, 5.74) is 3.12. The molecule has 6 heteroatoms. The van der Waals surface area contributed by atoms with E-state index >= 15 is 0 Å². The van der Waals surface area contributed by atoms with E-state index in [2.05, 4.69) is 15.7 Å². The van der Waals surface area contributed by atoms with E-state index in [4.69, 9.17) is 29.0 Å². The first-order valence-electron chi connectivity index (χ1n) is 4.80. The Morgan fingerprint density at radius 1 is 1.38 bits per heavy atom. The molecule has 0 unspecified atom stereocenters. The van der Waals surface area contributed by atoms with Crippen molar-refractivity contribution in [1.29, 1.82) is 0 Å². The molecule has 0 saturated carbocycles. The molecule has 4 N–H and O–H groups in total. The van der Waals surface area contributed by atoms with Gasteiger partial charge < -0.3 is 5.32 Å². The summed E-state index contributed by atoms with van der Waals surface area (Å²) in [4.78, 5) is 4.23. The van der Waals surface area contributed by atoms with E-state index < -0.39 is 0 Å². The number of hydrogen-bond acceptors (Lipinski definition) is 2. The highest BCUT2D eigenvalue weighted by molar-refractivity contribution is 6.44. The Kier molecular flexibility index (Phi) is 4.86. The molecule has 0 aliphatic rings. The number of nitrogens with one attached hydrogen (secondary N) is 2. The fourth-order valence-electron chi connectivity index (χ4n) is 1.09. The summed E-state index contributed by atoms with van der Waals surface area (Å²) in [7, 11) is 0. The maximum Gasteiger partial charge on any atom is 0.210 e. The lowest BCUT2D eigenvalue weighted by Gasteiger charge is -2.12. The number of nitrogens with two attached hydrogens (primary N) is 1. The van der Waals surface area contributed by atoms with Crippen LogP contribution in [0.15, 0.2) is 23.2 Å². The van der Waals surface area contributed by atoms with Crippen LogP contribution < -0.4 is 16.6 Å². The van der Waals surface area contributed by atoms with Gasteiger partial charge in [-0.3, -0.25) is 5.43 Å². The van der Waals surface area contributed by atoms with E-state index in [0.717, 1.165) is 0 Å². The molecule has 0 aliphatic carbocycles. The number of benzene rings is 1. The van der Waals surface area contributed by atoms with Gasteiger partial charge in [0, 0.05) is 6.04 Å². The molecule has 88 valence electrons. The van der Waals surface area contributed by atoms with Crippen molar-refractivity contribution in [3.8, 4) is 0 Å². The van der Waals surface area contributed by atoms with Crippen LogP contribution in [-0.2, 0) is 0 Å². The van der Waals surface area contributed by atoms with Gasteiger partial charge in [-0.25, -0.2) is 10.8 Å². The molecule has 0 fully saturated rings. The molecule has 0 heterocycles. The van der Waals surface area contributed by atoms with Crippen LogP contribution >= 0.6 is 23.2 Å². The molecule has 0 radical (unpaired) electrons. The van der Waals surface area contributed by atoms with Gasteiger partial charge in [0.15, 0.2) is 0 Å². The molecule has 0 bridgehead atoms. The Labute approximate surface area is 105 Å². The third kappa shape index (κ3) is 3.56. The van der Waals surface area contributed by atoms with E-state index in [0.29, 0.717) is 21.7 Å². The third-order valence-electron chi connectivity index (χ3n) is 1.73. The van der Waals surface area contributed by atoms with Gasteiger partial charge in [0.05, 0.1) is 15.7 Å². The van der Waals surface area contributed by atoms with Gasteiger partial charge in [0.1, 0.15) is 0 Å². The number of nitrogens with zero attached hydrogens (tertiary/aromatic N) is 1. The van der Waals surface area contributed by atoms with Gasteiger partial charge in [-0.15, -0.1) is 0 Å². The average Bonchev–Trinajstić information content (AvgIpc) is 2.23. The normalized spacial score (nSPS) is 11.8. The molecular formula is C10H14Cl2N4. The van der Waals surface area contributed by atoms with E-state index in [1.54, 1.807) is 18.2 Å². The molecule has 0 aliphatic heterocycles. The Morgan fingerprint density at radius 2 is 2.06 bits per heavy atom. The van der Waals surface area contributed by atoms with Gasteiger partial charge in [-0.2, -0.15) is 0 Å². The second-order valence-electron chi connectivity index (χ2n) is 3.44. The molecule has 1 rings (SSSR count). The van der Waals surface area contributed by atoms with Crippen molar-refractivity contribution >= 4 is 34.8 Å². The summed E-state index contributed by atoms with van der Waals surface area (Å²) < 4.78 is 0. The lowest BCUT2D eigenvalue weighted by molar-refractivity contribution is 0.819. The van der Waals surface area contributed by atoms with Gasteiger partial charge >= 0.3 is 0 Å². The van der Waals surface area contributed by atoms with Gasteiger partial charge in [-0.1, -0.05) is 29.3 Å². The standard InChI is InChI=1S/C10H14Cl2N4/c1-6(2)14-10(16-13)15-8-5-3-4-7(11)9(8)12/h3-6H,13H2,1-2H3,(H2,14,15,16). The van der Waals surface area contributed by atoms with Crippen LogP contribution in [0.2, 0.25) is 10.0 Å². The summed E-state index contributed by atoms with van der Waals surface area (Å²) in [6, 6.07) is 5.42. The topological polar surface area (TPSA) is 62.4 Å². The van der Waals surface area contributed by atoms with Crippen LogP contribution in [0.25, 0.3) is 0 Å². The smallest absolute Gasteiger partial charge is 0.210 e. The average molecular weight is 261 g/mol. The first kappa shape index (κ1) is 13.1. The molecular weight excluding hydrogens is 247 g/mol. The number of aliphatic imine (C=N–C) groups is 1. The molecule has 0 spiro atoms. The molecule has 4 nitrogen and oxygen atoms in total. The Morgan fingerprint density at radius 3 is 2.62 bits per heavy atom. The maximum absolute atomic E-state index is 6.01. The fraction of sp³-hybridized carbons (Fsp3) is 0.300. The van der Waals surface area contributed by atoms with Crippen LogP contribution in [0.4, 0.5) is 5.69 Å². The first-order chi connectivity index (χ1) is 7.54. The predicted octanol–water partition coefficient (Wildman–Crippen LogP) is 2.63. The summed E-state index contributed by atoms with van der Waals surface area (Å²) in [5.74, 6) is 5.78. The van der Waals surface area contributed by atoms with Crippen LogP contribution in [0.1, 0.15) is 13.8 Å². The van der Waals surface area contributed by atoms with E-state index in [-0.39, 0.29) is 6.04 Å². The molecule has 0 amide bonds. The van der Waals surface area contributed by atoms with E-state index in [1.165, 1.54) is 0 Å². The van der Waals surface area contributed by atoms with Crippen LogP contribution in [0.3, 0.4) is 0 Å². The minimum Gasteiger partial charge on any atom is -0.324 e. The highest BCUT2D eigenvalue weighted by atomic mass is 35.5. The summed E-state index contributed by atoms with van der Waals surface area (Å²) in [6.45, 7) is 3.89. The second kappa shape index (κ2) is 5.94. The monoisotopic (exact) mass is 260 g/mol. The zero-order valence-electron chi connectivity index (χ0n) is 9.09. The SMILES string of the molecule is CC(C)N=C(NN)Nc1cccc(Cl)c1Cl. The van der Waals surface area contributed by atoms with E-state index in [9.17, 15) is 0 Å². The molecule has 1 aromatic carbocycles. The zero-order valence-corrected chi connectivity index (χ0v) is 10.6. The summed E-state index contributed by atoms with van der Waals surface area (Å²) >= 11 is 11.9. The Hall–Kier alpha value is -0.970. The van der Waals surface area contributed by atoms with E-state index in [1.807, 2.05) is 13.8 Å². The van der Waals surface area contributed by atoms with Crippen molar-refractivity contribution in [1.82, 2.24) is 5.43 Å². The Balaban J connectivity index is 2.91. The molecule has 16 heavy (non-hydrogen) atoms. The van der Waals surface area contributed by atoms with Gasteiger partial charge in [0.25, 0.3) is 0 Å². The zero-order chi connectivity index (χ0) is 12.1. The molecule has 0 saturated heterocycles. The van der Waals surface area contributed by atoms with Gasteiger partial charge in [-0.05, 0) is 26.0 Å². The predicted molar refractivity (Wildman–Crippen MR) is 70.0 cm³/mol. The minimum atomic E-state index is 0.122. The third-order valence-corrected chi connectivity index (χ3v) is 2.55. The number of hydrazine groups is 1. The number of guanidine groups is 1.